The topological polar surface area (TPSA) is 45.7 Å². The van der Waals surface area contributed by atoms with Crippen molar-refractivity contribution < 1.29 is 9.53 Å². The zero-order chi connectivity index (χ0) is 18.1. The fourth-order valence-electron chi connectivity index (χ4n) is 3.38. The van der Waals surface area contributed by atoms with Gasteiger partial charge in [0, 0.05) is 31.6 Å². The normalized spacial score (nSPS) is 15.2. The number of hydrogen-bond acceptors (Lipinski definition) is 6. The molecule has 1 aliphatic rings. The summed E-state index contributed by atoms with van der Waals surface area (Å²) in [5.74, 6) is 0.798. The lowest BCUT2D eigenvalue weighted by Gasteiger charge is -2.21. The van der Waals surface area contributed by atoms with Gasteiger partial charge in [0.05, 0.1) is 19.9 Å². The van der Waals surface area contributed by atoms with Gasteiger partial charge in [0.25, 0.3) is 5.91 Å². The summed E-state index contributed by atoms with van der Waals surface area (Å²) >= 11 is 3.33. The molecule has 0 unspecified atom stereocenters. The van der Waals surface area contributed by atoms with E-state index in [2.05, 4.69) is 15.3 Å². The van der Waals surface area contributed by atoms with Gasteiger partial charge in [-0.1, -0.05) is 0 Å². The molecule has 0 saturated carbocycles. The number of aryl methyl sites for hydroxylation is 1. The fraction of sp³-hybridized carbons (Fsp3) is 0.474. The minimum atomic E-state index is 0.0214. The van der Waals surface area contributed by atoms with Crippen LogP contribution in [0.1, 0.15) is 17.8 Å². The molecule has 5 nitrogen and oxygen atoms in total. The number of amides is 1. The van der Waals surface area contributed by atoms with E-state index in [9.17, 15) is 4.79 Å². The lowest BCUT2D eigenvalue weighted by atomic mass is 10.2. The second-order valence-corrected chi connectivity index (χ2v) is 8.92. The van der Waals surface area contributed by atoms with Crippen LogP contribution in [0.3, 0.4) is 0 Å². The summed E-state index contributed by atoms with van der Waals surface area (Å²) in [5, 5.41) is 4.14. The SMILES string of the molecule is Cc1nc2c(cc(OCC(=O)N(C)CCN3CCCC3)c3ccsc32)s1. The second kappa shape index (κ2) is 7.50. The molecule has 0 N–H and O–H groups in total. The van der Waals surface area contributed by atoms with Crippen molar-refractivity contribution in [2.24, 2.45) is 0 Å². The maximum atomic E-state index is 12.4. The number of nitrogens with zero attached hydrogens (tertiary/aromatic N) is 3. The summed E-state index contributed by atoms with van der Waals surface area (Å²) in [6.45, 7) is 6.10. The van der Waals surface area contributed by atoms with Crippen molar-refractivity contribution in [1.82, 2.24) is 14.8 Å². The first-order chi connectivity index (χ1) is 12.6. The first-order valence-electron chi connectivity index (χ1n) is 8.98. The van der Waals surface area contributed by atoms with Crippen LogP contribution < -0.4 is 4.74 Å². The number of aromatic nitrogens is 1. The Labute approximate surface area is 161 Å². The Morgan fingerprint density at radius 2 is 2.19 bits per heavy atom. The molecule has 1 amide bonds. The number of carbonyl (C=O) groups is 1. The maximum Gasteiger partial charge on any atom is 0.260 e. The highest BCUT2D eigenvalue weighted by Crippen LogP contribution is 2.38. The molecule has 26 heavy (non-hydrogen) atoms. The lowest BCUT2D eigenvalue weighted by molar-refractivity contribution is -0.132. The van der Waals surface area contributed by atoms with Crippen LogP contribution >= 0.6 is 22.7 Å². The molecule has 0 aliphatic carbocycles. The largest absolute Gasteiger partial charge is 0.483 e. The van der Waals surface area contributed by atoms with Gasteiger partial charge in [-0.05, 0) is 44.3 Å². The molecule has 0 spiro atoms. The van der Waals surface area contributed by atoms with Crippen molar-refractivity contribution in [3.63, 3.8) is 0 Å². The third-order valence-corrected chi connectivity index (χ3v) is 6.73. The van der Waals surface area contributed by atoms with Crippen LogP contribution in [-0.4, -0.2) is 60.5 Å². The zero-order valence-electron chi connectivity index (χ0n) is 15.2. The van der Waals surface area contributed by atoms with Crippen molar-refractivity contribution >= 4 is 48.9 Å². The zero-order valence-corrected chi connectivity index (χ0v) is 16.8. The summed E-state index contributed by atoms with van der Waals surface area (Å²) in [6.07, 6.45) is 2.55. The highest BCUT2D eigenvalue weighted by atomic mass is 32.1. The van der Waals surface area contributed by atoms with Crippen LogP contribution in [0.25, 0.3) is 20.3 Å². The van der Waals surface area contributed by atoms with Crippen LogP contribution in [0.5, 0.6) is 5.75 Å². The predicted molar refractivity (Wildman–Crippen MR) is 109 cm³/mol. The molecule has 1 aromatic carbocycles. The third-order valence-electron chi connectivity index (χ3n) is 4.90. The monoisotopic (exact) mass is 389 g/mol. The number of fused-ring (bicyclic) bond motifs is 3. The third kappa shape index (κ3) is 3.56. The highest BCUT2D eigenvalue weighted by Gasteiger charge is 2.17. The van der Waals surface area contributed by atoms with Gasteiger partial charge in [0.1, 0.15) is 5.75 Å². The average molecular weight is 390 g/mol. The molecule has 7 heteroatoms. The highest BCUT2D eigenvalue weighted by molar-refractivity contribution is 7.21. The Bertz CT molecular complexity index is 928. The van der Waals surface area contributed by atoms with E-state index in [4.69, 9.17) is 4.74 Å². The summed E-state index contributed by atoms with van der Waals surface area (Å²) in [4.78, 5) is 21.3. The minimum absolute atomic E-state index is 0.0214. The number of likely N-dealkylation sites (N-methyl/N-ethyl adjacent to an activating group) is 1. The quantitative estimate of drug-likeness (QED) is 0.644. The Balaban J connectivity index is 1.43. The Hall–Kier alpha value is -1.70. The van der Waals surface area contributed by atoms with E-state index in [0.717, 1.165) is 57.2 Å². The molecule has 4 rings (SSSR count). The number of hydrogen-bond donors (Lipinski definition) is 0. The lowest BCUT2D eigenvalue weighted by Crippen LogP contribution is -2.37. The fourth-order valence-corrected chi connectivity index (χ4v) is 5.21. The summed E-state index contributed by atoms with van der Waals surface area (Å²) in [5.41, 5.74) is 1.04. The van der Waals surface area contributed by atoms with Crippen LogP contribution in [0.15, 0.2) is 17.5 Å². The number of ether oxygens (including phenoxy) is 1. The molecule has 1 aliphatic heterocycles. The van der Waals surface area contributed by atoms with Crippen LogP contribution in [-0.2, 0) is 4.79 Å². The minimum Gasteiger partial charge on any atom is -0.483 e. The Kier molecular flexibility index (Phi) is 5.11. The first-order valence-corrected chi connectivity index (χ1v) is 10.7. The van der Waals surface area contributed by atoms with E-state index < -0.39 is 0 Å². The number of thiophene rings is 1. The summed E-state index contributed by atoms with van der Waals surface area (Å²) in [7, 11) is 1.86. The van der Waals surface area contributed by atoms with Crippen molar-refractivity contribution in [1.29, 1.82) is 0 Å². The van der Waals surface area contributed by atoms with E-state index in [1.807, 2.05) is 26.1 Å². The summed E-state index contributed by atoms with van der Waals surface area (Å²) in [6, 6.07) is 4.07. The smallest absolute Gasteiger partial charge is 0.260 e. The standard InChI is InChI=1S/C19H23N3O2S2/c1-13-20-18-16(26-13)11-15(14-5-10-25-19(14)18)24-12-17(23)21(2)8-9-22-6-3-4-7-22/h5,10-11H,3-4,6-9,12H2,1-2H3. The van der Waals surface area contributed by atoms with Gasteiger partial charge in [-0.25, -0.2) is 4.98 Å². The van der Waals surface area contributed by atoms with Crippen molar-refractivity contribution in [2.45, 2.75) is 19.8 Å². The van der Waals surface area contributed by atoms with E-state index >= 15 is 0 Å². The van der Waals surface area contributed by atoms with E-state index in [1.165, 1.54) is 12.8 Å². The molecule has 2 aromatic heterocycles. The molecule has 3 aromatic rings. The molecule has 0 radical (unpaired) electrons. The van der Waals surface area contributed by atoms with Crippen molar-refractivity contribution in [2.75, 3.05) is 39.8 Å². The van der Waals surface area contributed by atoms with Crippen LogP contribution in [0, 0.1) is 6.92 Å². The number of benzene rings is 1. The number of likely N-dealkylation sites (tertiary alicyclic amines) is 1. The second-order valence-electron chi connectivity index (χ2n) is 6.77. The average Bonchev–Trinajstić information content (AvgIpc) is 3.36. The number of thiazole rings is 1. The maximum absolute atomic E-state index is 12.4. The molecule has 1 fully saturated rings. The Morgan fingerprint density at radius 1 is 1.38 bits per heavy atom. The van der Waals surface area contributed by atoms with Gasteiger partial charge < -0.3 is 14.5 Å². The molecule has 138 valence electrons. The molecule has 0 bridgehead atoms. The van der Waals surface area contributed by atoms with Gasteiger partial charge >= 0.3 is 0 Å². The van der Waals surface area contributed by atoms with Gasteiger partial charge in [0.15, 0.2) is 6.61 Å². The molecular formula is C19H23N3O2S2. The summed E-state index contributed by atoms with van der Waals surface area (Å²) < 4.78 is 8.18. The van der Waals surface area contributed by atoms with Crippen molar-refractivity contribution in [3.8, 4) is 5.75 Å². The number of carbonyl (C=O) groups excluding carboxylic acids is 1. The van der Waals surface area contributed by atoms with Gasteiger partial charge in [-0.2, -0.15) is 0 Å². The van der Waals surface area contributed by atoms with E-state index in [-0.39, 0.29) is 12.5 Å². The molecular weight excluding hydrogens is 366 g/mol. The van der Waals surface area contributed by atoms with Gasteiger partial charge in [0.2, 0.25) is 0 Å². The number of rotatable bonds is 6. The molecule has 1 saturated heterocycles. The van der Waals surface area contributed by atoms with Gasteiger partial charge in [-0.3, -0.25) is 4.79 Å². The van der Waals surface area contributed by atoms with Crippen molar-refractivity contribution in [3.05, 3.63) is 22.5 Å². The molecule has 0 atom stereocenters. The van der Waals surface area contributed by atoms with E-state index in [0.29, 0.717) is 0 Å². The van der Waals surface area contributed by atoms with Crippen LogP contribution in [0.4, 0.5) is 0 Å². The first kappa shape index (κ1) is 17.7. The van der Waals surface area contributed by atoms with Crippen LogP contribution in [0.2, 0.25) is 0 Å². The predicted octanol–water partition coefficient (Wildman–Crippen LogP) is 3.75. The molecule has 3 heterocycles. The Morgan fingerprint density at radius 3 is 3.00 bits per heavy atom. The van der Waals surface area contributed by atoms with Gasteiger partial charge in [-0.15, -0.1) is 22.7 Å². The van der Waals surface area contributed by atoms with E-state index in [1.54, 1.807) is 27.6 Å².